The lowest BCUT2D eigenvalue weighted by Crippen LogP contribution is -2.24. The van der Waals surface area contributed by atoms with E-state index >= 15 is 0 Å². The van der Waals surface area contributed by atoms with Crippen molar-refractivity contribution in [3.8, 4) is 5.75 Å². The summed E-state index contributed by atoms with van der Waals surface area (Å²) in [6.45, 7) is 1.61. The van der Waals surface area contributed by atoms with Gasteiger partial charge in [-0.25, -0.2) is 25.9 Å². The average molecular weight is 450 g/mol. The summed E-state index contributed by atoms with van der Waals surface area (Å²) in [6, 6.07) is 15.1. The van der Waals surface area contributed by atoms with E-state index in [0.29, 0.717) is 16.9 Å². The van der Waals surface area contributed by atoms with Crippen molar-refractivity contribution < 1.29 is 26.0 Å². The Kier molecular flexibility index (Phi) is 6.25. The Bertz CT molecular complexity index is 1250. The fourth-order valence-corrected chi connectivity index (χ4v) is 5.43. The molecule has 0 bridgehead atoms. The fourth-order valence-electron chi connectivity index (χ4n) is 2.79. The van der Waals surface area contributed by atoms with Crippen LogP contribution in [0.1, 0.15) is 11.1 Å². The number of rotatable bonds is 7. The molecule has 0 amide bonds. The molecule has 0 aliphatic carbocycles. The molecule has 0 spiro atoms. The predicted octanol–water partition coefficient (Wildman–Crippen LogP) is 3.45. The van der Waals surface area contributed by atoms with E-state index in [9.17, 15) is 21.2 Å². The summed E-state index contributed by atoms with van der Waals surface area (Å²) in [7, 11) is -6.45. The van der Waals surface area contributed by atoms with Gasteiger partial charge in [-0.2, -0.15) is 0 Å². The van der Waals surface area contributed by atoms with Gasteiger partial charge in [0.15, 0.2) is 0 Å². The van der Waals surface area contributed by atoms with Crippen LogP contribution in [0.2, 0.25) is 0 Å². The van der Waals surface area contributed by atoms with E-state index in [-0.39, 0.29) is 21.2 Å². The van der Waals surface area contributed by atoms with Gasteiger partial charge >= 0.3 is 0 Å². The summed E-state index contributed by atoms with van der Waals surface area (Å²) in [4.78, 5) is -0.453. The van der Waals surface area contributed by atoms with Gasteiger partial charge < -0.3 is 4.74 Å². The van der Waals surface area contributed by atoms with Crippen LogP contribution in [0.5, 0.6) is 5.75 Å². The number of benzene rings is 3. The van der Waals surface area contributed by atoms with Crippen molar-refractivity contribution in [2.75, 3.05) is 7.11 Å². The zero-order valence-electron chi connectivity index (χ0n) is 16.3. The third-order valence-electron chi connectivity index (χ3n) is 4.51. The first-order chi connectivity index (χ1) is 14.1. The zero-order valence-corrected chi connectivity index (χ0v) is 17.9. The molecule has 0 aliphatic rings. The molecule has 0 aliphatic heterocycles. The van der Waals surface area contributed by atoms with Gasteiger partial charge in [0, 0.05) is 6.54 Å². The molecule has 0 saturated heterocycles. The Morgan fingerprint density at radius 3 is 2.07 bits per heavy atom. The van der Waals surface area contributed by atoms with E-state index in [2.05, 4.69) is 4.72 Å². The van der Waals surface area contributed by atoms with Gasteiger partial charge in [-0.15, -0.1) is 0 Å². The molecule has 0 radical (unpaired) electrons. The van der Waals surface area contributed by atoms with E-state index in [1.54, 1.807) is 31.2 Å². The molecule has 0 aromatic heterocycles. The van der Waals surface area contributed by atoms with Gasteiger partial charge in [0.25, 0.3) is 0 Å². The van der Waals surface area contributed by atoms with Gasteiger partial charge in [0.1, 0.15) is 11.6 Å². The number of aryl methyl sites for hydroxylation is 1. The largest absolute Gasteiger partial charge is 0.497 e. The van der Waals surface area contributed by atoms with E-state index in [4.69, 9.17) is 4.74 Å². The Balaban J connectivity index is 1.90. The van der Waals surface area contributed by atoms with Gasteiger partial charge in [-0.05, 0) is 66.6 Å². The first-order valence-electron chi connectivity index (χ1n) is 8.87. The highest BCUT2D eigenvalue weighted by atomic mass is 32.2. The summed E-state index contributed by atoms with van der Waals surface area (Å²) in [5.74, 6) is 0.0833. The van der Waals surface area contributed by atoms with E-state index < -0.39 is 25.7 Å². The van der Waals surface area contributed by atoms with Crippen molar-refractivity contribution in [2.24, 2.45) is 0 Å². The number of nitrogens with one attached hydrogen (secondary N) is 1. The van der Waals surface area contributed by atoms with Crippen LogP contribution in [0.15, 0.2) is 81.4 Å². The number of sulfonamides is 1. The lowest BCUT2D eigenvalue weighted by molar-refractivity contribution is 0.414. The fraction of sp³-hybridized carbons (Fsp3) is 0.143. The molecule has 0 atom stereocenters. The Labute approximate surface area is 175 Å². The third-order valence-corrected chi connectivity index (χ3v) is 7.82. The average Bonchev–Trinajstić information content (AvgIpc) is 2.73. The molecule has 30 heavy (non-hydrogen) atoms. The maximum atomic E-state index is 13.1. The molecular weight excluding hydrogens is 429 g/mol. The molecule has 9 heteroatoms. The number of methoxy groups -OCH3 is 1. The summed E-state index contributed by atoms with van der Waals surface area (Å²) in [5.41, 5.74) is 1.11. The smallest absolute Gasteiger partial charge is 0.241 e. The highest BCUT2D eigenvalue weighted by Crippen LogP contribution is 2.26. The molecule has 3 aromatic rings. The van der Waals surface area contributed by atoms with Gasteiger partial charge in [0.05, 0.1) is 21.8 Å². The van der Waals surface area contributed by atoms with Crippen LogP contribution < -0.4 is 9.46 Å². The van der Waals surface area contributed by atoms with Crippen LogP contribution in [0.3, 0.4) is 0 Å². The minimum Gasteiger partial charge on any atom is -0.497 e. The molecule has 0 saturated carbocycles. The van der Waals surface area contributed by atoms with E-state index in [0.717, 1.165) is 30.3 Å². The third kappa shape index (κ3) is 4.69. The van der Waals surface area contributed by atoms with E-state index in [1.807, 2.05) is 0 Å². The Hall–Kier alpha value is -2.75. The Morgan fingerprint density at radius 2 is 1.47 bits per heavy atom. The number of ether oxygens (including phenoxy) is 1. The molecule has 3 rings (SSSR count). The quantitative estimate of drug-likeness (QED) is 0.558. The SMILES string of the molecule is COc1ccc(CNS(=O)(=O)c2cc(S(=O)(=O)c3ccc(F)cc3)ccc2C)cc1. The highest BCUT2D eigenvalue weighted by molar-refractivity contribution is 7.91. The molecule has 3 aromatic carbocycles. The van der Waals surface area contributed by atoms with Crippen molar-refractivity contribution >= 4 is 19.9 Å². The van der Waals surface area contributed by atoms with Crippen LogP contribution in [0, 0.1) is 12.7 Å². The summed E-state index contributed by atoms with van der Waals surface area (Å²) >= 11 is 0. The summed E-state index contributed by atoms with van der Waals surface area (Å²) < 4.78 is 72.0. The van der Waals surface area contributed by atoms with Crippen LogP contribution >= 0.6 is 0 Å². The molecular formula is C21H20FNO5S2. The second kappa shape index (κ2) is 8.55. The van der Waals surface area contributed by atoms with Gasteiger partial charge in [0.2, 0.25) is 19.9 Å². The van der Waals surface area contributed by atoms with Crippen LogP contribution in [0.25, 0.3) is 0 Å². The first kappa shape index (κ1) is 21.9. The first-order valence-corrected chi connectivity index (χ1v) is 11.8. The molecule has 0 heterocycles. The van der Waals surface area contributed by atoms with Crippen LogP contribution in [-0.2, 0) is 26.4 Å². The lowest BCUT2D eigenvalue weighted by atomic mass is 10.2. The molecule has 6 nitrogen and oxygen atoms in total. The monoisotopic (exact) mass is 449 g/mol. The highest BCUT2D eigenvalue weighted by Gasteiger charge is 2.23. The topological polar surface area (TPSA) is 89.5 Å². The standard InChI is InChI=1S/C21H20FNO5S2/c1-15-3-10-20(29(24,25)19-11-6-17(22)7-12-19)13-21(15)30(26,27)23-14-16-4-8-18(28-2)9-5-16/h3-13,23H,14H2,1-2H3. The zero-order chi connectivity index (χ0) is 21.9. The second-order valence-corrected chi connectivity index (χ2v) is 10.2. The predicted molar refractivity (Wildman–Crippen MR) is 110 cm³/mol. The maximum Gasteiger partial charge on any atom is 0.241 e. The van der Waals surface area contributed by atoms with Crippen molar-refractivity contribution in [3.05, 3.63) is 83.7 Å². The van der Waals surface area contributed by atoms with Crippen molar-refractivity contribution in [3.63, 3.8) is 0 Å². The molecule has 1 N–H and O–H groups in total. The minimum atomic E-state index is -4.00. The molecule has 0 unspecified atom stereocenters. The summed E-state index contributed by atoms with van der Waals surface area (Å²) in [5, 5.41) is 0. The number of hydrogen-bond acceptors (Lipinski definition) is 5. The number of sulfone groups is 1. The minimum absolute atomic E-state index is 0.0285. The van der Waals surface area contributed by atoms with Crippen LogP contribution in [0.4, 0.5) is 4.39 Å². The lowest BCUT2D eigenvalue weighted by Gasteiger charge is -2.12. The van der Waals surface area contributed by atoms with Crippen molar-refractivity contribution in [1.29, 1.82) is 0 Å². The molecule has 0 fully saturated rings. The number of halogens is 1. The van der Waals surface area contributed by atoms with Gasteiger partial charge in [-0.1, -0.05) is 18.2 Å². The normalized spacial score (nSPS) is 12.0. The van der Waals surface area contributed by atoms with Crippen molar-refractivity contribution in [1.82, 2.24) is 4.72 Å². The van der Waals surface area contributed by atoms with Gasteiger partial charge in [-0.3, -0.25) is 0 Å². The summed E-state index contributed by atoms with van der Waals surface area (Å²) in [6.07, 6.45) is 0. The van der Waals surface area contributed by atoms with E-state index in [1.165, 1.54) is 19.2 Å². The Morgan fingerprint density at radius 1 is 0.867 bits per heavy atom. The van der Waals surface area contributed by atoms with Crippen LogP contribution in [-0.4, -0.2) is 23.9 Å². The second-order valence-electron chi connectivity index (χ2n) is 6.56. The maximum absolute atomic E-state index is 13.1. The number of hydrogen-bond donors (Lipinski definition) is 1. The van der Waals surface area contributed by atoms with Crippen molar-refractivity contribution in [2.45, 2.75) is 28.2 Å². The molecule has 158 valence electrons.